The van der Waals surface area contributed by atoms with Crippen LogP contribution in [0.25, 0.3) is 11.1 Å². The zero-order chi connectivity index (χ0) is 9.97. The van der Waals surface area contributed by atoms with E-state index in [1.165, 1.54) is 4.79 Å². The highest BCUT2D eigenvalue weighted by Crippen LogP contribution is 2.20. The second-order valence-electron chi connectivity index (χ2n) is 2.94. The minimum absolute atomic E-state index is 0.842. The average molecular weight is 189 g/mol. The summed E-state index contributed by atoms with van der Waals surface area (Å²) in [4.78, 5) is 1.29. The monoisotopic (exact) mass is 189 g/mol. The Labute approximate surface area is 81.9 Å². The van der Waals surface area contributed by atoms with Gasteiger partial charge in [-0.3, -0.25) is 0 Å². The number of ether oxygens (including phenoxy) is 1. The molecule has 0 atom stereocenters. The number of rotatable bonds is 2. The maximum atomic E-state index is 5.45. The molecule has 0 unspecified atom stereocenters. The highest BCUT2D eigenvalue weighted by molar-refractivity contribution is 5.62. The summed E-state index contributed by atoms with van der Waals surface area (Å²) in [5, 5.41) is 3.90. The number of nitrogen functional groups attached to an aromatic ring is 1. The molecule has 0 saturated heterocycles. The van der Waals surface area contributed by atoms with Crippen LogP contribution in [0.3, 0.4) is 0 Å². The van der Waals surface area contributed by atoms with Crippen molar-refractivity contribution < 1.29 is 4.74 Å². The van der Waals surface area contributed by atoms with Crippen molar-refractivity contribution in [2.45, 2.75) is 0 Å². The Kier molecular flexibility index (Phi) is 2.10. The fraction of sp³-hybridized carbons (Fsp3) is 0.100. The number of hydrogen-bond donors (Lipinski definition) is 1. The van der Waals surface area contributed by atoms with E-state index in [4.69, 9.17) is 10.6 Å². The van der Waals surface area contributed by atoms with E-state index in [1.54, 1.807) is 19.5 Å². The molecule has 4 nitrogen and oxygen atoms in total. The normalized spacial score (nSPS) is 10.1. The quantitative estimate of drug-likeness (QED) is 0.724. The summed E-state index contributed by atoms with van der Waals surface area (Å²) in [6, 6.07) is 7.75. The Morgan fingerprint density at radius 2 is 1.93 bits per heavy atom. The van der Waals surface area contributed by atoms with Crippen molar-refractivity contribution in [1.82, 2.24) is 9.89 Å². The van der Waals surface area contributed by atoms with Gasteiger partial charge in [-0.25, -0.2) is 0 Å². The van der Waals surface area contributed by atoms with Crippen molar-refractivity contribution in [3.8, 4) is 16.9 Å². The molecule has 0 aliphatic rings. The molecular weight excluding hydrogens is 178 g/mol. The van der Waals surface area contributed by atoms with Crippen LogP contribution in [0.4, 0.5) is 0 Å². The first-order chi connectivity index (χ1) is 6.79. The molecule has 2 N–H and O–H groups in total. The predicted octanol–water partition coefficient (Wildman–Crippen LogP) is 1.27. The van der Waals surface area contributed by atoms with E-state index in [-0.39, 0.29) is 0 Å². The van der Waals surface area contributed by atoms with Gasteiger partial charge < -0.3 is 10.6 Å². The molecule has 1 heterocycles. The molecule has 2 rings (SSSR count). The zero-order valence-electron chi connectivity index (χ0n) is 7.84. The van der Waals surface area contributed by atoms with Gasteiger partial charge in [0.25, 0.3) is 0 Å². The Morgan fingerprint density at radius 1 is 1.21 bits per heavy atom. The van der Waals surface area contributed by atoms with Crippen molar-refractivity contribution in [2.24, 2.45) is 0 Å². The number of methoxy groups -OCH3 is 1. The number of aromatic nitrogens is 2. The van der Waals surface area contributed by atoms with Gasteiger partial charge in [0.2, 0.25) is 0 Å². The second kappa shape index (κ2) is 3.41. The summed E-state index contributed by atoms with van der Waals surface area (Å²) >= 11 is 0. The van der Waals surface area contributed by atoms with Crippen LogP contribution in [0, 0.1) is 0 Å². The van der Waals surface area contributed by atoms with Gasteiger partial charge in [-0.1, -0.05) is 12.1 Å². The molecule has 0 radical (unpaired) electrons. The van der Waals surface area contributed by atoms with Crippen LogP contribution < -0.4 is 10.6 Å². The smallest absolute Gasteiger partial charge is 0.118 e. The number of hydrogen-bond acceptors (Lipinski definition) is 3. The Bertz CT molecular complexity index is 419. The van der Waals surface area contributed by atoms with E-state index in [0.29, 0.717) is 0 Å². The molecule has 0 fully saturated rings. The van der Waals surface area contributed by atoms with Gasteiger partial charge in [0.05, 0.1) is 19.5 Å². The van der Waals surface area contributed by atoms with E-state index >= 15 is 0 Å². The fourth-order valence-electron chi connectivity index (χ4n) is 1.27. The molecule has 0 saturated carbocycles. The maximum absolute atomic E-state index is 5.45. The molecule has 1 aromatic carbocycles. The minimum atomic E-state index is 0.842. The van der Waals surface area contributed by atoms with Gasteiger partial charge in [-0.05, 0) is 17.7 Å². The minimum Gasteiger partial charge on any atom is -0.497 e. The first kappa shape index (κ1) is 8.62. The van der Waals surface area contributed by atoms with Crippen LogP contribution in [-0.4, -0.2) is 17.0 Å². The van der Waals surface area contributed by atoms with Gasteiger partial charge in [0.15, 0.2) is 0 Å². The fourth-order valence-corrected chi connectivity index (χ4v) is 1.27. The average Bonchev–Trinajstić information content (AvgIpc) is 2.65. The predicted molar refractivity (Wildman–Crippen MR) is 54.4 cm³/mol. The zero-order valence-corrected chi connectivity index (χ0v) is 7.84. The van der Waals surface area contributed by atoms with Crippen molar-refractivity contribution in [3.63, 3.8) is 0 Å². The number of nitrogens with two attached hydrogens (primary N) is 1. The van der Waals surface area contributed by atoms with Gasteiger partial charge in [-0.2, -0.15) is 9.89 Å². The van der Waals surface area contributed by atoms with Gasteiger partial charge in [-0.15, -0.1) is 0 Å². The van der Waals surface area contributed by atoms with E-state index < -0.39 is 0 Å². The van der Waals surface area contributed by atoms with Crippen LogP contribution in [0.5, 0.6) is 5.75 Å². The topological polar surface area (TPSA) is 53.1 Å². The van der Waals surface area contributed by atoms with Crippen LogP contribution in [0.2, 0.25) is 0 Å². The SMILES string of the molecule is COc1ccc(-c2cnn(N)c2)cc1. The molecule has 0 aliphatic carbocycles. The van der Waals surface area contributed by atoms with E-state index in [2.05, 4.69) is 5.10 Å². The summed E-state index contributed by atoms with van der Waals surface area (Å²) in [6.07, 6.45) is 3.49. The highest BCUT2D eigenvalue weighted by atomic mass is 16.5. The van der Waals surface area contributed by atoms with E-state index in [9.17, 15) is 0 Å². The lowest BCUT2D eigenvalue weighted by Gasteiger charge is -2.00. The van der Waals surface area contributed by atoms with Crippen molar-refractivity contribution >= 4 is 0 Å². The van der Waals surface area contributed by atoms with Crippen molar-refractivity contribution in [1.29, 1.82) is 0 Å². The van der Waals surface area contributed by atoms with Crippen LogP contribution in [0.1, 0.15) is 0 Å². The molecule has 0 spiro atoms. The van der Waals surface area contributed by atoms with Crippen LogP contribution >= 0.6 is 0 Å². The maximum Gasteiger partial charge on any atom is 0.118 e. The standard InChI is InChI=1S/C10H11N3O/c1-14-10-4-2-8(3-5-10)9-6-12-13(11)7-9/h2-7H,11H2,1H3. The second-order valence-corrected chi connectivity index (χ2v) is 2.94. The molecule has 1 aromatic heterocycles. The molecular formula is C10H11N3O. The molecule has 0 amide bonds. The molecule has 4 heteroatoms. The number of nitrogens with zero attached hydrogens (tertiary/aromatic N) is 2. The van der Waals surface area contributed by atoms with Crippen molar-refractivity contribution in [2.75, 3.05) is 13.0 Å². The van der Waals surface area contributed by atoms with E-state index in [1.807, 2.05) is 24.3 Å². The first-order valence-corrected chi connectivity index (χ1v) is 4.24. The van der Waals surface area contributed by atoms with E-state index in [0.717, 1.165) is 16.9 Å². The summed E-state index contributed by atoms with van der Waals surface area (Å²) < 4.78 is 5.06. The third-order valence-electron chi connectivity index (χ3n) is 2.02. The third kappa shape index (κ3) is 1.54. The summed E-state index contributed by atoms with van der Waals surface area (Å²) in [5.41, 5.74) is 2.07. The highest BCUT2D eigenvalue weighted by Gasteiger charge is 2.00. The number of benzene rings is 1. The largest absolute Gasteiger partial charge is 0.497 e. The lowest BCUT2D eigenvalue weighted by atomic mass is 10.1. The Hall–Kier alpha value is -1.97. The molecule has 0 bridgehead atoms. The van der Waals surface area contributed by atoms with Gasteiger partial charge in [0.1, 0.15) is 5.75 Å². The van der Waals surface area contributed by atoms with Gasteiger partial charge >= 0.3 is 0 Å². The molecule has 0 aliphatic heterocycles. The summed E-state index contributed by atoms with van der Waals surface area (Å²) in [7, 11) is 1.65. The van der Waals surface area contributed by atoms with Crippen LogP contribution in [-0.2, 0) is 0 Å². The molecule has 2 aromatic rings. The lowest BCUT2D eigenvalue weighted by Crippen LogP contribution is -2.06. The third-order valence-corrected chi connectivity index (χ3v) is 2.02. The molecule has 72 valence electrons. The lowest BCUT2D eigenvalue weighted by molar-refractivity contribution is 0.415. The summed E-state index contributed by atoms with van der Waals surface area (Å²) in [5.74, 6) is 6.29. The van der Waals surface area contributed by atoms with Gasteiger partial charge in [0, 0.05) is 5.56 Å². The first-order valence-electron chi connectivity index (χ1n) is 4.24. The van der Waals surface area contributed by atoms with Crippen molar-refractivity contribution in [3.05, 3.63) is 36.7 Å². The Morgan fingerprint density at radius 3 is 2.43 bits per heavy atom. The van der Waals surface area contributed by atoms with Crippen LogP contribution in [0.15, 0.2) is 36.7 Å². The summed E-state index contributed by atoms with van der Waals surface area (Å²) in [6.45, 7) is 0. The molecule has 14 heavy (non-hydrogen) atoms. The Balaban J connectivity index is 2.33.